The van der Waals surface area contributed by atoms with E-state index >= 15 is 0 Å². The van der Waals surface area contributed by atoms with Gasteiger partial charge in [0.1, 0.15) is 29.6 Å². The number of benzene rings is 3. The molecular formula is C27H24N2O6. The molecule has 0 bridgehead atoms. The normalized spacial score (nSPS) is 10.6. The predicted molar refractivity (Wildman–Crippen MR) is 131 cm³/mol. The minimum atomic E-state index is -0.551. The summed E-state index contributed by atoms with van der Waals surface area (Å²) in [7, 11) is 0. The van der Waals surface area contributed by atoms with E-state index in [4.69, 9.17) is 13.9 Å². The second-order valence-corrected chi connectivity index (χ2v) is 8.17. The van der Waals surface area contributed by atoms with Crippen LogP contribution in [0.25, 0.3) is 0 Å². The summed E-state index contributed by atoms with van der Waals surface area (Å²) in [5.41, 5.74) is 3.04. The van der Waals surface area contributed by atoms with Gasteiger partial charge in [-0.2, -0.15) is 0 Å². The van der Waals surface area contributed by atoms with Crippen LogP contribution < -0.4 is 14.8 Å². The number of aryl methyl sites for hydroxylation is 3. The van der Waals surface area contributed by atoms with Crippen LogP contribution in [0.3, 0.4) is 0 Å². The summed E-state index contributed by atoms with van der Waals surface area (Å²) in [5.74, 6) is 1.47. The van der Waals surface area contributed by atoms with Crippen LogP contribution >= 0.6 is 0 Å². The highest BCUT2D eigenvalue weighted by Gasteiger charge is 2.16. The quantitative estimate of drug-likeness (QED) is 0.225. The van der Waals surface area contributed by atoms with Crippen molar-refractivity contribution in [1.29, 1.82) is 0 Å². The van der Waals surface area contributed by atoms with E-state index in [2.05, 4.69) is 5.32 Å². The first kappa shape index (κ1) is 23.6. The van der Waals surface area contributed by atoms with Crippen molar-refractivity contribution in [3.05, 3.63) is 111 Å². The number of ether oxygens (including phenoxy) is 2. The standard InChI is InChI=1S/C27H24N2O6/c1-17-5-4-6-22(11-17)34-24-14-20(13-21(15-24)29(31)32)28-27(30)25-10-9-23(35-25)16-33-26-12-18(2)7-8-19(26)3/h4-15H,16H2,1-3H3,(H,28,30). The van der Waals surface area contributed by atoms with E-state index < -0.39 is 10.8 Å². The number of amides is 1. The molecule has 0 fully saturated rings. The van der Waals surface area contributed by atoms with Gasteiger partial charge in [0.2, 0.25) is 0 Å². The molecule has 0 aliphatic rings. The lowest BCUT2D eigenvalue weighted by atomic mass is 10.1. The number of nitro benzene ring substituents is 1. The molecular weight excluding hydrogens is 448 g/mol. The van der Waals surface area contributed by atoms with E-state index in [1.807, 2.05) is 57.2 Å². The molecule has 0 spiro atoms. The van der Waals surface area contributed by atoms with Crippen LogP contribution in [0, 0.1) is 30.9 Å². The third-order valence-electron chi connectivity index (χ3n) is 5.18. The molecule has 1 N–H and O–H groups in total. The Balaban J connectivity index is 1.47. The lowest BCUT2D eigenvalue weighted by Gasteiger charge is -2.10. The molecule has 0 radical (unpaired) electrons. The lowest BCUT2D eigenvalue weighted by molar-refractivity contribution is -0.384. The average molecular weight is 472 g/mol. The summed E-state index contributed by atoms with van der Waals surface area (Å²) in [4.78, 5) is 23.6. The number of nitrogens with one attached hydrogen (secondary N) is 1. The molecule has 178 valence electrons. The van der Waals surface area contributed by atoms with Crippen LogP contribution in [0.2, 0.25) is 0 Å². The highest BCUT2D eigenvalue weighted by molar-refractivity contribution is 6.02. The zero-order chi connectivity index (χ0) is 24.9. The second kappa shape index (κ2) is 10.1. The zero-order valence-electron chi connectivity index (χ0n) is 19.5. The molecule has 0 unspecified atom stereocenters. The predicted octanol–water partition coefficient (Wildman–Crippen LogP) is 6.74. The largest absolute Gasteiger partial charge is 0.485 e. The van der Waals surface area contributed by atoms with Crippen molar-refractivity contribution >= 4 is 17.3 Å². The van der Waals surface area contributed by atoms with Crippen molar-refractivity contribution in [2.45, 2.75) is 27.4 Å². The maximum absolute atomic E-state index is 12.7. The van der Waals surface area contributed by atoms with E-state index in [1.165, 1.54) is 24.3 Å². The molecule has 1 aromatic heterocycles. The van der Waals surface area contributed by atoms with Gasteiger partial charge in [0.15, 0.2) is 5.76 Å². The van der Waals surface area contributed by atoms with Crippen molar-refractivity contribution in [2.24, 2.45) is 0 Å². The second-order valence-electron chi connectivity index (χ2n) is 8.17. The Kier molecular flexibility index (Phi) is 6.82. The number of rotatable bonds is 8. The van der Waals surface area contributed by atoms with E-state index in [1.54, 1.807) is 12.1 Å². The van der Waals surface area contributed by atoms with Crippen LogP contribution in [0.15, 0.2) is 77.2 Å². The molecule has 0 aliphatic heterocycles. The first-order valence-electron chi connectivity index (χ1n) is 10.9. The van der Waals surface area contributed by atoms with Gasteiger partial charge in [-0.1, -0.05) is 24.3 Å². The van der Waals surface area contributed by atoms with Gasteiger partial charge < -0.3 is 19.2 Å². The SMILES string of the molecule is Cc1cccc(Oc2cc(NC(=O)c3ccc(COc4cc(C)ccc4C)o3)cc([N+](=O)[O-])c2)c1. The monoisotopic (exact) mass is 472 g/mol. The fraction of sp³-hybridized carbons (Fsp3) is 0.148. The Morgan fingerprint density at radius 2 is 1.74 bits per heavy atom. The zero-order valence-corrected chi connectivity index (χ0v) is 19.5. The van der Waals surface area contributed by atoms with Crippen LogP contribution in [0.5, 0.6) is 17.2 Å². The fourth-order valence-electron chi connectivity index (χ4n) is 3.42. The molecule has 4 rings (SSSR count). The summed E-state index contributed by atoms with van der Waals surface area (Å²) in [5, 5.41) is 14.0. The summed E-state index contributed by atoms with van der Waals surface area (Å²) >= 11 is 0. The number of carbonyl (C=O) groups is 1. The average Bonchev–Trinajstić information content (AvgIpc) is 3.29. The number of anilines is 1. The van der Waals surface area contributed by atoms with Gasteiger partial charge in [0, 0.05) is 12.1 Å². The smallest absolute Gasteiger partial charge is 0.291 e. The molecule has 0 saturated heterocycles. The summed E-state index contributed by atoms with van der Waals surface area (Å²) in [6.45, 7) is 6.00. The molecule has 4 aromatic rings. The molecule has 35 heavy (non-hydrogen) atoms. The maximum atomic E-state index is 12.7. The Morgan fingerprint density at radius 3 is 2.51 bits per heavy atom. The van der Waals surface area contributed by atoms with E-state index in [0.717, 1.165) is 22.4 Å². The molecule has 3 aromatic carbocycles. The van der Waals surface area contributed by atoms with Crippen molar-refractivity contribution < 1.29 is 23.6 Å². The number of carbonyl (C=O) groups excluding carboxylic acids is 1. The van der Waals surface area contributed by atoms with Crippen LogP contribution in [-0.4, -0.2) is 10.8 Å². The molecule has 0 aliphatic carbocycles. The molecule has 8 heteroatoms. The third kappa shape index (κ3) is 6.05. The van der Waals surface area contributed by atoms with E-state index in [0.29, 0.717) is 11.5 Å². The maximum Gasteiger partial charge on any atom is 0.291 e. The number of hydrogen-bond donors (Lipinski definition) is 1. The topological polar surface area (TPSA) is 104 Å². The number of non-ortho nitro benzene ring substituents is 1. The Labute approximate surface area is 202 Å². The van der Waals surface area contributed by atoms with Crippen molar-refractivity contribution in [3.8, 4) is 17.2 Å². The first-order chi connectivity index (χ1) is 16.8. The molecule has 1 amide bonds. The van der Waals surface area contributed by atoms with E-state index in [9.17, 15) is 14.9 Å². The summed E-state index contributed by atoms with van der Waals surface area (Å²) < 4.78 is 17.2. The van der Waals surface area contributed by atoms with Gasteiger partial charge >= 0.3 is 0 Å². The Bertz CT molecular complexity index is 1390. The van der Waals surface area contributed by atoms with Gasteiger partial charge in [-0.05, 0) is 67.8 Å². The highest BCUT2D eigenvalue weighted by Crippen LogP contribution is 2.30. The summed E-state index contributed by atoms with van der Waals surface area (Å²) in [6, 6.07) is 20.5. The minimum Gasteiger partial charge on any atom is -0.485 e. The molecule has 0 atom stereocenters. The third-order valence-corrected chi connectivity index (χ3v) is 5.18. The van der Waals surface area contributed by atoms with Crippen molar-refractivity contribution in [2.75, 3.05) is 5.32 Å². The summed E-state index contributed by atoms with van der Waals surface area (Å²) in [6.07, 6.45) is 0. The van der Waals surface area contributed by atoms with Crippen LogP contribution in [0.4, 0.5) is 11.4 Å². The Hall–Kier alpha value is -4.59. The lowest BCUT2D eigenvalue weighted by Crippen LogP contribution is -2.11. The number of furan rings is 1. The Morgan fingerprint density at radius 1 is 0.943 bits per heavy atom. The van der Waals surface area contributed by atoms with Crippen molar-refractivity contribution in [1.82, 2.24) is 0 Å². The van der Waals surface area contributed by atoms with Gasteiger partial charge in [-0.3, -0.25) is 14.9 Å². The first-order valence-corrected chi connectivity index (χ1v) is 10.9. The fourth-order valence-corrected chi connectivity index (χ4v) is 3.42. The molecule has 1 heterocycles. The minimum absolute atomic E-state index is 0.0530. The molecule has 0 saturated carbocycles. The number of hydrogen-bond acceptors (Lipinski definition) is 6. The van der Waals surface area contributed by atoms with Gasteiger partial charge in [0.25, 0.3) is 11.6 Å². The highest BCUT2D eigenvalue weighted by atomic mass is 16.6. The number of nitro groups is 1. The van der Waals surface area contributed by atoms with Crippen LogP contribution in [0.1, 0.15) is 33.0 Å². The van der Waals surface area contributed by atoms with Gasteiger partial charge in [0.05, 0.1) is 16.7 Å². The van der Waals surface area contributed by atoms with E-state index in [-0.39, 0.29) is 29.5 Å². The van der Waals surface area contributed by atoms with Crippen LogP contribution in [-0.2, 0) is 6.61 Å². The van der Waals surface area contributed by atoms with Gasteiger partial charge in [-0.15, -0.1) is 0 Å². The molecule has 8 nitrogen and oxygen atoms in total. The van der Waals surface area contributed by atoms with Crippen molar-refractivity contribution in [3.63, 3.8) is 0 Å². The number of nitrogens with zero attached hydrogens (tertiary/aromatic N) is 1. The van der Waals surface area contributed by atoms with Gasteiger partial charge in [-0.25, -0.2) is 0 Å².